The average molecular weight is 328 g/mol. The zero-order valence-electron chi connectivity index (χ0n) is 12.6. The largest absolute Gasteiger partial charge is 0.484 e. The maximum absolute atomic E-state index is 13.4. The molecule has 126 valence electrons. The number of rotatable bonds is 8. The molecule has 0 heterocycles. The Bertz CT molecular complexity index is 605. The van der Waals surface area contributed by atoms with E-state index < -0.39 is 41.0 Å². The van der Waals surface area contributed by atoms with Gasteiger partial charge in [0.15, 0.2) is 6.61 Å². The predicted molar refractivity (Wildman–Crippen MR) is 77.6 cm³/mol. The van der Waals surface area contributed by atoms with Gasteiger partial charge in [-0.2, -0.15) is 4.39 Å². The van der Waals surface area contributed by atoms with Crippen molar-refractivity contribution >= 4 is 17.6 Å². The van der Waals surface area contributed by atoms with Crippen LogP contribution in [0.15, 0.2) is 18.2 Å². The van der Waals surface area contributed by atoms with Crippen molar-refractivity contribution in [2.45, 2.75) is 26.3 Å². The van der Waals surface area contributed by atoms with Gasteiger partial charge < -0.3 is 15.2 Å². The van der Waals surface area contributed by atoms with Gasteiger partial charge in [0.05, 0.1) is 4.92 Å². The normalized spacial score (nSPS) is 11.8. The Labute approximate surface area is 131 Å². The second-order valence-corrected chi connectivity index (χ2v) is 5.25. The summed E-state index contributed by atoms with van der Waals surface area (Å²) in [5, 5.41) is 21.8. The third kappa shape index (κ3) is 5.89. The summed E-state index contributed by atoms with van der Waals surface area (Å²) in [6, 6.07) is 1.81. The van der Waals surface area contributed by atoms with Gasteiger partial charge in [-0.1, -0.05) is 13.8 Å². The molecule has 0 aliphatic carbocycles. The molecule has 9 heteroatoms. The van der Waals surface area contributed by atoms with Crippen LogP contribution >= 0.6 is 0 Å². The molecule has 0 unspecified atom stereocenters. The van der Waals surface area contributed by atoms with Crippen molar-refractivity contribution in [1.82, 2.24) is 5.32 Å². The van der Waals surface area contributed by atoms with Gasteiger partial charge in [-0.25, -0.2) is 4.79 Å². The lowest BCUT2D eigenvalue weighted by molar-refractivity contribution is -0.387. The van der Waals surface area contributed by atoms with Crippen LogP contribution in [-0.2, 0) is 9.59 Å². The number of aliphatic carboxylic acids is 1. The van der Waals surface area contributed by atoms with E-state index in [2.05, 4.69) is 5.32 Å². The van der Waals surface area contributed by atoms with E-state index in [0.29, 0.717) is 0 Å². The molecular weight excluding hydrogens is 311 g/mol. The summed E-state index contributed by atoms with van der Waals surface area (Å²) in [5.41, 5.74) is -0.704. The number of nitrogens with zero attached hydrogens (tertiary/aromatic N) is 1. The highest BCUT2D eigenvalue weighted by atomic mass is 19.1. The molecule has 2 N–H and O–H groups in total. The number of ether oxygens (including phenoxy) is 1. The molecule has 0 fully saturated rings. The van der Waals surface area contributed by atoms with Crippen molar-refractivity contribution in [1.29, 1.82) is 0 Å². The number of hydrogen-bond donors (Lipinski definition) is 2. The van der Waals surface area contributed by atoms with Crippen LogP contribution in [0.1, 0.15) is 20.3 Å². The second kappa shape index (κ2) is 8.06. The summed E-state index contributed by atoms with van der Waals surface area (Å²) in [6.45, 7) is 3.11. The number of carbonyl (C=O) groups is 2. The Kier molecular flexibility index (Phi) is 6.43. The first kappa shape index (κ1) is 18.3. The van der Waals surface area contributed by atoms with Gasteiger partial charge in [0, 0.05) is 12.1 Å². The molecule has 0 aliphatic heterocycles. The zero-order chi connectivity index (χ0) is 17.6. The van der Waals surface area contributed by atoms with E-state index in [1.54, 1.807) is 0 Å². The molecule has 1 aromatic carbocycles. The zero-order valence-corrected chi connectivity index (χ0v) is 12.6. The van der Waals surface area contributed by atoms with E-state index in [0.717, 1.165) is 18.2 Å². The monoisotopic (exact) mass is 328 g/mol. The van der Waals surface area contributed by atoms with Gasteiger partial charge in [-0.15, -0.1) is 0 Å². The smallest absolute Gasteiger partial charge is 0.326 e. The van der Waals surface area contributed by atoms with E-state index in [1.807, 2.05) is 13.8 Å². The number of carboxylic acid groups (broad SMARTS) is 1. The third-order valence-electron chi connectivity index (χ3n) is 2.83. The van der Waals surface area contributed by atoms with Crippen LogP contribution in [0.4, 0.5) is 10.1 Å². The number of carbonyl (C=O) groups excluding carboxylic acids is 1. The van der Waals surface area contributed by atoms with Gasteiger partial charge >= 0.3 is 11.7 Å². The fourth-order valence-corrected chi connectivity index (χ4v) is 1.80. The highest BCUT2D eigenvalue weighted by Gasteiger charge is 2.21. The van der Waals surface area contributed by atoms with Crippen LogP contribution in [0.25, 0.3) is 0 Å². The topological polar surface area (TPSA) is 119 Å². The maximum atomic E-state index is 13.4. The van der Waals surface area contributed by atoms with E-state index in [1.165, 1.54) is 0 Å². The minimum Gasteiger partial charge on any atom is -0.484 e. The Balaban J connectivity index is 2.60. The lowest BCUT2D eigenvalue weighted by Crippen LogP contribution is -2.43. The minimum absolute atomic E-state index is 0.0704. The Morgan fingerprint density at radius 2 is 2.09 bits per heavy atom. The number of benzene rings is 1. The Morgan fingerprint density at radius 3 is 2.57 bits per heavy atom. The SMILES string of the molecule is CC(C)C[C@@H](NC(=O)COc1ccc([N+](=O)[O-])c(F)c1)C(=O)O. The molecular formula is C14H17FN2O6. The first-order valence-electron chi connectivity index (χ1n) is 6.79. The van der Waals surface area contributed by atoms with E-state index >= 15 is 0 Å². The number of halogens is 1. The van der Waals surface area contributed by atoms with Crippen molar-refractivity contribution in [3.8, 4) is 5.75 Å². The summed E-state index contributed by atoms with van der Waals surface area (Å²) in [4.78, 5) is 32.3. The summed E-state index contributed by atoms with van der Waals surface area (Å²) in [6.07, 6.45) is 0.257. The van der Waals surface area contributed by atoms with Gasteiger partial charge in [0.1, 0.15) is 11.8 Å². The number of nitrogens with one attached hydrogen (secondary N) is 1. The van der Waals surface area contributed by atoms with Crippen LogP contribution in [0.3, 0.4) is 0 Å². The summed E-state index contributed by atoms with van der Waals surface area (Å²) in [7, 11) is 0. The molecule has 0 spiro atoms. The van der Waals surface area contributed by atoms with Gasteiger partial charge in [-0.05, 0) is 18.4 Å². The van der Waals surface area contributed by atoms with Crippen molar-refractivity contribution in [3.63, 3.8) is 0 Å². The van der Waals surface area contributed by atoms with Crippen molar-refractivity contribution < 1.29 is 28.7 Å². The van der Waals surface area contributed by atoms with Crippen molar-refractivity contribution in [2.24, 2.45) is 5.92 Å². The maximum Gasteiger partial charge on any atom is 0.326 e. The molecule has 1 amide bonds. The van der Waals surface area contributed by atoms with Crippen molar-refractivity contribution in [2.75, 3.05) is 6.61 Å². The molecule has 1 atom stereocenters. The first-order valence-corrected chi connectivity index (χ1v) is 6.79. The summed E-state index contributed by atoms with van der Waals surface area (Å²) < 4.78 is 18.4. The lowest BCUT2D eigenvalue weighted by atomic mass is 10.0. The second-order valence-electron chi connectivity index (χ2n) is 5.25. The Hall–Kier alpha value is -2.71. The molecule has 0 aromatic heterocycles. The highest BCUT2D eigenvalue weighted by molar-refractivity contribution is 5.84. The first-order chi connectivity index (χ1) is 10.7. The summed E-state index contributed by atoms with van der Waals surface area (Å²) >= 11 is 0. The molecule has 0 radical (unpaired) electrons. The van der Waals surface area contributed by atoms with Crippen LogP contribution in [0.5, 0.6) is 5.75 Å². The van der Waals surface area contributed by atoms with E-state index in [4.69, 9.17) is 9.84 Å². The molecule has 0 saturated carbocycles. The van der Waals surface area contributed by atoms with Crippen LogP contribution in [-0.4, -0.2) is 34.6 Å². The highest BCUT2D eigenvalue weighted by Crippen LogP contribution is 2.22. The molecule has 1 rings (SSSR count). The molecule has 0 bridgehead atoms. The number of nitro benzene ring substituents is 1. The molecule has 1 aromatic rings. The number of nitro groups is 1. The van der Waals surface area contributed by atoms with E-state index in [9.17, 15) is 24.1 Å². The van der Waals surface area contributed by atoms with Crippen molar-refractivity contribution in [3.05, 3.63) is 34.1 Å². The lowest BCUT2D eigenvalue weighted by Gasteiger charge is -2.16. The predicted octanol–water partition coefficient (Wildman–Crippen LogP) is 1.73. The van der Waals surface area contributed by atoms with Gasteiger partial charge in [0.2, 0.25) is 5.82 Å². The molecule has 23 heavy (non-hydrogen) atoms. The fraction of sp³-hybridized carbons (Fsp3) is 0.429. The third-order valence-corrected chi connectivity index (χ3v) is 2.83. The number of amides is 1. The van der Waals surface area contributed by atoms with Crippen LogP contribution in [0.2, 0.25) is 0 Å². The van der Waals surface area contributed by atoms with Gasteiger partial charge in [0.25, 0.3) is 5.91 Å². The minimum atomic E-state index is -1.16. The summed E-state index contributed by atoms with van der Waals surface area (Å²) in [5.74, 6) is -2.93. The van der Waals surface area contributed by atoms with Crippen LogP contribution in [0, 0.1) is 21.8 Å². The quantitative estimate of drug-likeness (QED) is 0.554. The Morgan fingerprint density at radius 1 is 1.43 bits per heavy atom. The fourth-order valence-electron chi connectivity index (χ4n) is 1.80. The standard InChI is InChI=1S/C14H17FN2O6/c1-8(2)5-11(14(19)20)16-13(18)7-23-9-3-4-12(17(21)22)10(15)6-9/h3-4,6,8,11H,5,7H2,1-2H3,(H,16,18)(H,19,20)/t11-/m1/s1. The molecule has 0 saturated heterocycles. The molecule has 0 aliphatic rings. The average Bonchev–Trinajstić information content (AvgIpc) is 2.43. The van der Waals surface area contributed by atoms with E-state index in [-0.39, 0.29) is 18.1 Å². The molecule has 8 nitrogen and oxygen atoms in total. The number of carboxylic acids is 1. The van der Waals surface area contributed by atoms with Crippen LogP contribution < -0.4 is 10.1 Å². The number of hydrogen-bond acceptors (Lipinski definition) is 5. The van der Waals surface area contributed by atoms with Gasteiger partial charge in [-0.3, -0.25) is 14.9 Å².